The number of anilines is 1. The normalized spacial score (nSPS) is 31.2. The van der Waals surface area contributed by atoms with Gasteiger partial charge in [0.2, 0.25) is 0 Å². The van der Waals surface area contributed by atoms with Crippen LogP contribution in [0.2, 0.25) is 0 Å². The van der Waals surface area contributed by atoms with Crippen molar-refractivity contribution in [2.45, 2.75) is 12.8 Å². The molecule has 3 aliphatic carbocycles. The summed E-state index contributed by atoms with van der Waals surface area (Å²) >= 11 is 0. The largest absolute Gasteiger partial charge is 0.378 e. The number of fused-ring (bicyclic) bond motifs is 1. The number of carbonyl (C=O) groups excluding carboxylic acids is 2. The van der Waals surface area contributed by atoms with Crippen molar-refractivity contribution < 1.29 is 9.59 Å². The molecule has 5 rings (SSSR count). The molecule has 0 spiro atoms. The molecule has 0 N–H and O–H groups in total. The van der Waals surface area contributed by atoms with Crippen LogP contribution in [0, 0.1) is 23.7 Å². The summed E-state index contributed by atoms with van der Waals surface area (Å²) in [5, 5.41) is 5.32. The third kappa shape index (κ3) is 2.27. The first-order valence-electron chi connectivity index (χ1n) is 8.44. The van der Waals surface area contributed by atoms with Crippen molar-refractivity contribution in [3.63, 3.8) is 0 Å². The molecule has 4 unspecified atom stereocenters. The highest BCUT2D eigenvalue weighted by atomic mass is 16.2. The van der Waals surface area contributed by atoms with Crippen molar-refractivity contribution in [1.82, 2.24) is 5.01 Å². The van der Waals surface area contributed by atoms with E-state index < -0.39 is 0 Å². The Morgan fingerprint density at radius 1 is 1.00 bits per heavy atom. The average Bonchev–Trinajstić information content (AvgIpc) is 2.87. The van der Waals surface area contributed by atoms with Crippen LogP contribution in [0.15, 0.2) is 41.5 Å². The van der Waals surface area contributed by atoms with Crippen molar-refractivity contribution in [1.29, 1.82) is 0 Å². The predicted octanol–water partition coefficient (Wildman–Crippen LogP) is 2.28. The molecule has 5 nitrogen and oxygen atoms in total. The molecule has 0 radical (unpaired) electrons. The Morgan fingerprint density at radius 2 is 1.54 bits per heavy atom. The molecule has 5 heteroatoms. The van der Waals surface area contributed by atoms with E-state index in [0.717, 1.165) is 29.1 Å². The van der Waals surface area contributed by atoms with Gasteiger partial charge in [0.1, 0.15) is 0 Å². The number of hydrogen-bond donors (Lipinski definition) is 0. The summed E-state index contributed by atoms with van der Waals surface area (Å²) in [5.41, 5.74) is 1.96. The standard InChI is InChI=1S/C19H21N3O2/c1-21(2)15-9-3-12(4-10-15)11-20-22-18(23)16-13-5-6-14(8-7-13)17(16)19(22)24/h3-6,9-11,13-14,16-17H,7-8H2,1-2H3/b20-11+. The highest BCUT2D eigenvalue weighted by Crippen LogP contribution is 2.49. The van der Waals surface area contributed by atoms with Gasteiger partial charge >= 0.3 is 0 Å². The van der Waals surface area contributed by atoms with E-state index in [-0.39, 0.29) is 35.5 Å². The maximum atomic E-state index is 12.7. The van der Waals surface area contributed by atoms with Crippen molar-refractivity contribution in [3.8, 4) is 0 Å². The number of hydrazone groups is 1. The summed E-state index contributed by atoms with van der Waals surface area (Å²) in [6.45, 7) is 0. The Kier molecular flexibility index (Phi) is 3.52. The lowest BCUT2D eigenvalue weighted by Crippen LogP contribution is -2.38. The van der Waals surface area contributed by atoms with E-state index in [1.165, 1.54) is 0 Å². The Balaban J connectivity index is 1.55. The summed E-state index contributed by atoms with van der Waals surface area (Å²) in [6.07, 6.45) is 7.85. The fraction of sp³-hybridized carbons (Fsp3) is 0.421. The minimum atomic E-state index is -0.200. The van der Waals surface area contributed by atoms with Crippen LogP contribution in [-0.2, 0) is 9.59 Å². The molecular weight excluding hydrogens is 302 g/mol. The lowest BCUT2D eigenvalue weighted by atomic mass is 9.63. The lowest BCUT2D eigenvalue weighted by molar-refractivity contribution is -0.140. The Bertz CT molecular complexity index is 703. The van der Waals surface area contributed by atoms with Gasteiger partial charge in [0.15, 0.2) is 0 Å². The summed E-state index contributed by atoms with van der Waals surface area (Å²) in [7, 11) is 3.96. The molecule has 124 valence electrons. The van der Waals surface area contributed by atoms with Gasteiger partial charge in [-0.2, -0.15) is 10.1 Å². The first kappa shape index (κ1) is 15.1. The minimum Gasteiger partial charge on any atom is -0.378 e. The van der Waals surface area contributed by atoms with Gasteiger partial charge in [-0.05, 0) is 42.4 Å². The van der Waals surface area contributed by atoms with Gasteiger partial charge in [0.25, 0.3) is 11.8 Å². The van der Waals surface area contributed by atoms with Gasteiger partial charge in [0.05, 0.1) is 18.1 Å². The number of imide groups is 1. The summed E-state index contributed by atoms with van der Waals surface area (Å²) in [4.78, 5) is 27.3. The maximum absolute atomic E-state index is 12.7. The monoisotopic (exact) mass is 323 g/mol. The third-order valence-corrected chi connectivity index (χ3v) is 5.47. The molecular formula is C19H21N3O2. The second-order valence-electron chi connectivity index (χ2n) is 7.06. The Morgan fingerprint density at radius 3 is 2.00 bits per heavy atom. The molecule has 4 aliphatic rings. The van der Waals surface area contributed by atoms with Gasteiger partial charge in [0, 0.05) is 19.8 Å². The molecule has 1 aliphatic heterocycles. The zero-order valence-electron chi connectivity index (χ0n) is 13.9. The molecule has 1 aromatic carbocycles. The molecule has 24 heavy (non-hydrogen) atoms. The fourth-order valence-electron chi connectivity index (χ4n) is 4.16. The van der Waals surface area contributed by atoms with Crippen molar-refractivity contribution in [2.24, 2.45) is 28.8 Å². The molecule has 4 atom stereocenters. The summed E-state index contributed by atoms with van der Waals surface area (Å²) in [5.74, 6) is -0.258. The van der Waals surface area contributed by atoms with Gasteiger partial charge in [-0.15, -0.1) is 0 Å². The molecule has 1 aromatic rings. The zero-order chi connectivity index (χ0) is 16.8. The molecule has 1 heterocycles. The van der Waals surface area contributed by atoms with Crippen LogP contribution < -0.4 is 4.90 Å². The smallest absolute Gasteiger partial charge is 0.254 e. The van der Waals surface area contributed by atoms with Gasteiger partial charge in [-0.25, -0.2) is 0 Å². The molecule has 2 amide bonds. The van der Waals surface area contributed by atoms with E-state index in [9.17, 15) is 9.59 Å². The third-order valence-electron chi connectivity index (χ3n) is 5.47. The Labute approximate surface area is 141 Å². The van der Waals surface area contributed by atoms with Crippen LogP contribution in [0.4, 0.5) is 5.69 Å². The van der Waals surface area contributed by atoms with Gasteiger partial charge in [-0.3, -0.25) is 9.59 Å². The van der Waals surface area contributed by atoms with E-state index in [2.05, 4.69) is 17.3 Å². The number of rotatable bonds is 3. The van der Waals surface area contributed by atoms with Crippen molar-refractivity contribution in [2.75, 3.05) is 19.0 Å². The lowest BCUT2D eigenvalue weighted by Gasteiger charge is -2.37. The number of allylic oxidation sites excluding steroid dienone is 2. The zero-order valence-corrected chi connectivity index (χ0v) is 13.9. The highest BCUT2D eigenvalue weighted by Gasteiger charge is 2.56. The maximum Gasteiger partial charge on any atom is 0.254 e. The average molecular weight is 323 g/mol. The van der Waals surface area contributed by atoms with Gasteiger partial charge in [-0.1, -0.05) is 24.3 Å². The van der Waals surface area contributed by atoms with E-state index in [1.807, 2.05) is 43.3 Å². The van der Waals surface area contributed by atoms with E-state index >= 15 is 0 Å². The van der Waals surface area contributed by atoms with Gasteiger partial charge < -0.3 is 4.90 Å². The van der Waals surface area contributed by atoms with Crippen LogP contribution in [0.5, 0.6) is 0 Å². The second kappa shape index (κ2) is 5.58. The van der Waals surface area contributed by atoms with Crippen molar-refractivity contribution in [3.05, 3.63) is 42.0 Å². The van der Waals surface area contributed by atoms with E-state index in [0.29, 0.717) is 0 Å². The van der Waals surface area contributed by atoms with Crippen molar-refractivity contribution >= 4 is 23.7 Å². The molecule has 1 saturated heterocycles. The van der Waals surface area contributed by atoms with Crippen LogP contribution in [0.3, 0.4) is 0 Å². The number of amides is 2. The Hall–Kier alpha value is -2.43. The molecule has 2 bridgehead atoms. The van der Waals surface area contributed by atoms with E-state index in [4.69, 9.17) is 0 Å². The highest BCUT2D eigenvalue weighted by molar-refractivity contribution is 6.06. The topological polar surface area (TPSA) is 53.0 Å². The first-order valence-corrected chi connectivity index (χ1v) is 8.44. The van der Waals surface area contributed by atoms with Crippen LogP contribution >= 0.6 is 0 Å². The van der Waals surface area contributed by atoms with Crippen LogP contribution in [-0.4, -0.2) is 37.1 Å². The minimum absolute atomic E-state index is 0.134. The first-order chi connectivity index (χ1) is 11.6. The quantitative estimate of drug-likeness (QED) is 0.487. The number of benzene rings is 1. The van der Waals surface area contributed by atoms with Crippen LogP contribution in [0.25, 0.3) is 0 Å². The molecule has 1 saturated carbocycles. The second-order valence-corrected chi connectivity index (χ2v) is 7.06. The fourth-order valence-corrected chi connectivity index (χ4v) is 4.16. The summed E-state index contributed by atoms with van der Waals surface area (Å²) in [6, 6.07) is 7.84. The van der Waals surface area contributed by atoms with E-state index in [1.54, 1.807) is 6.21 Å². The molecule has 0 aromatic heterocycles. The molecule has 2 fully saturated rings. The van der Waals surface area contributed by atoms with Crippen LogP contribution in [0.1, 0.15) is 18.4 Å². The SMILES string of the molecule is CN(C)c1ccc(/C=N/N2C(=O)C3C4C=CC(CC4)C3C2=O)cc1. The predicted molar refractivity (Wildman–Crippen MR) is 92.6 cm³/mol. The number of carbonyl (C=O) groups is 2. The number of hydrogen-bond acceptors (Lipinski definition) is 4. The number of nitrogens with zero attached hydrogens (tertiary/aromatic N) is 3. The summed E-state index contributed by atoms with van der Waals surface area (Å²) < 4.78 is 0.